The molecule has 4 rings (SSSR count). The first kappa shape index (κ1) is 10.7. The van der Waals surface area contributed by atoms with Crippen LogP contribution in [0.1, 0.15) is 12.6 Å². The Kier molecular flexibility index (Phi) is 2.19. The molecule has 0 bridgehead atoms. The van der Waals surface area contributed by atoms with Gasteiger partial charge in [0.1, 0.15) is 0 Å². The highest BCUT2D eigenvalue weighted by atomic mass is 16.5. The van der Waals surface area contributed by atoms with E-state index in [1.54, 1.807) is 12.4 Å². The molecule has 0 aromatic carbocycles. The molecule has 0 radical (unpaired) electrons. The van der Waals surface area contributed by atoms with Gasteiger partial charge in [-0.05, 0) is 18.6 Å². The van der Waals surface area contributed by atoms with E-state index in [1.165, 1.54) is 0 Å². The van der Waals surface area contributed by atoms with Crippen molar-refractivity contribution in [3.63, 3.8) is 0 Å². The average molecular weight is 255 g/mol. The molecule has 0 spiro atoms. The quantitative estimate of drug-likeness (QED) is 0.719. The number of rotatable bonds is 1. The minimum atomic E-state index is 0.214. The number of H-pyrrole nitrogens is 1. The highest BCUT2D eigenvalue weighted by Crippen LogP contribution is 2.31. The van der Waals surface area contributed by atoms with Gasteiger partial charge in [-0.1, -0.05) is 0 Å². The molecule has 96 valence electrons. The third-order valence-electron chi connectivity index (χ3n) is 3.53. The predicted octanol–water partition coefficient (Wildman–Crippen LogP) is 1.74. The predicted molar refractivity (Wildman–Crippen MR) is 69.4 cm³/mol. The summed E-state index contributed by atoms with van der Waals surface area (Å²) < 4.78 is 7.74. The van der Waals surface area contributed by atoms with Crippen molar-refractivity contribution in [2.24, 2.45) is 0 Å². The lowest BCUT2D eigenvalue weighted by Gasteiger charge is -2.21. The van der Waals surface area contributed by atoms with Gasteiger partial charge in [0, 0.05) is 17.1 Å². The smallest absolute Gasteiger partial charge is 0.155 e. The van der Waals surface area contributed by atoms with Crippen LogP contribution in [0.25, 0.3) is 22.2 Å². The lowest BCUT2D eigenvalue weighted by molar-refractivity contribution is 0.0127. The standard InChI is InChI=1S/C13H13N5O/c1-8-6-18-12(7-19-8)10(5-16-18)9-2-3-14-13-11(9)4-15-17-13/h2-5,8H,6-7H2,1H3,(H,14,15,17). The number of hydrogen-bond donors (Lipinski definition) is 1. The van der Waals surface area contributed by atoms with Crippen LogP contribution in [0, 0.1) is 0 Å². The lowest BCUT2D eigenvalue weighted by atomic mass is 10.0. The molecule has 1 aliphatic heterocycles. The van der Waals surface area contributed by atoms with Gasteiger partial charge in [0.05, 0.1) is 37.3 Å². The summed E-state index contributed by atoms with van der Waals surface area (Å²) >= 11 is 0. The van der Waals surface area contributed by atoms with Gasteiger partial charge in [-0.2, -0.15) is 10.2 Å². The molecule has 19 heavy (non-hydrogen) atoms. The van der Waals surface area contributed by atoms with Gasteiger partial charge in [0.25, 0.3) is 0 Å². The molecule has 1 atom stereocenters. The average Bonchev–Trinajstić information content (AvgIpc) is 3.03. The van der Waals surface area contributed by atoms with Crippen LogP contribution in [0.2, 0.25) is 0 Å². The van der Waals surface area contributed by atoms with Gasteiger partial charge in [-0.3, -0.25) is 9.78 Å². The Labute approximate surface area is 109 Å². The zero-order chi connectivity index (χ0) is 12.8. The van der Waals surface area contributed by atoms with E-state index in [1.807, 2.05) is 16.9 Å². The molecule has 1 unspecified atom stereocenters. The summed E-state index contributed by atoms with van der Waals surface area (Å²) in [4.78, 5) is 4.26. The van der Waals surface area contributed by atoms with Crippen molar-refractivity contribution in [2.45, 2.75) is 26.2 Å². The molecule has 1 aliphatic rings. The van der Waals surface area contributed by atoms with E-state index in [4.69, 9.17) is 4.74 Å². The van der Waals surface area contributed by atoms with Crippen LogP contribution in [0.5, 0.6) is 0 Å². The van der Waals surface area contributed by atoms with Crippen molar-refractivity contribution in [1.29, 1.82) is 0 Å². The fraction of sp³-hybridized carbons (Fsp3) is 0.308. The van der Waals surface area contributed by atoms with E-state index in [9.17, 15) is 0 Å². The molecule has 0 saturated heterocycles. The van der Waals surface area contributed by atoms with Crippen LogP contribution in [-0.2, 0) is 17.9 Å². The summed E-state index contributed by atoms with van der Waals surface area (Å²) in [5.74, 6) is 0. The van der Waals surface area contributed by atoms with E-state index in [0.29, 0.717) is 6.61 Å². The Morgan fingerprint density at radius 3 is 3.26 bits per heavy atom. The first-order chi connectivity index (χ1) is 9.33. The Hall–Kier alpha value is -2.21. The second-order valence-corrected chi connectivity index (χ2v) is 4.80. The maximum atomic E-state index is 5.72. The van der Waals surface area contributed by atoms with E-state index < -0.39 is 0 Å². The number of nitrogens with zero attached hydrogens (tertiary/aromatic N) is 4. The highest BCUT2D eigenvalue weighted by Gasteiger charge is 2.21. The third-order valence-corrected chi connectivity index (χ3v) is 3.53. The Balaban J connectivity index is 1.91. The number of hydrogen-bond acceptors (Lipinski definition) is 4. The molecule has 6 nitrogen and oxygen atoms in total. The van der Waals surface area contributed by atoms with E-state index in [-0.39, 0.29) is 6.10 Å². The van der Waals surface area contributed by atoms with Crippen molar-refractivity contribution in [2.75, 3.05) is 0 Å². The summed E-state index contributed by atoms with van der Waals surface area (Å²) in [7, 11) is 0. The molecule has 0 aliphatic carbocycles. The van der Waals surface area contributed by atoms with E-state index >= 15 is 0 Å². The molecule has 1 N–H and O–H groups in total. The summed E-state index contributed by atoms with van der Waals surface area (Å²) in [5.41, 5.74) is 4.10. The largest absolute Gasteiger partial charge is 0.370 e. The van der Waals surface area contributed by atoms with Crippen LogP contribution in [0.3, 0.4) is 0 Å². The topological polar surface area (TPSA) is 68.6 Å². The molecule has 4 heterocycles. The Morgan fingerprint density at radius 1 is 1.37 bits per heavy atom. The lowest BCUT2D eigenvalue weighted by Crippen LogP contribution is -2.25. The van der Waals surface area contributed by atoms with Crippen LogP contribution in [-0.4, -0.2) is 31.1 Å². The summed E-state index contributed by atoms with van der Waals surface area (Å²) in [6.45, 7) is 3.46. The summed E-state index contributed by atoms with van der Waals surface area (Å²) in [6, 6.07) is 1.99. The highest BCUT2D eigenvalue weighted by molar-refractivity contribution is 5.92. The SMILES string of the molecule is CC1Cn2ncc(-c3ccnc4[nH]ncc34)c2CO1. The van der Waals surface area contributed by atoms with Crippen molar-refractivity contribution in [3.05, 3.63) is 30.4 Å². The minimum absolute atomic E-state index is 0.214. The summed E-state index contributed by atoms with van der Waals surface area (Å²) in [5, 5.41) is 12.4. The molecular weight excluding hydrogens is 242 g/mol. The van der Waals surface area contributed by atoms with Gasteiger partial charge in [0.2, 0.25) is 0 Å². The maximum Gasteiger partial charge on any atom is 0.155 e. The number of nitrogens with one attached hydrogen (secondary N) is 1. The van der Waals surface area contributed by atoms with Gasteiger partial charge >= 0.3 is 0 Å². The number of pyridine rings is 1. The van der Waals surface area contributed by atoms with Crippen LogP contribution in [0.15, 0.2) is 24.7 Å². The van der Waals surface area contributed by atoms with E-state index in [2.05, 4.69) is 27.2 Å². The van der Waals surface area contributed by atoms with Crippen LogP contribution in [0.4, 0.5) is 0 Å². The second kappa shape index (κ2) is 3.89. The molecule has 0 saturated carbocycles. The molecule has 0 amide bonds. The zero-order valence-corrected chi connectivity index (χ0v) is 10.5. The molecule has 0 fully saturated rings. The van der Waals surface area contributed by atoms with Gasteiger partial charge < -0.3 is 4.74 Å². The van der Waals surface area contributed by atoms with Crippen LogP contribution < -0.4 is 0 Å². The van der Waals surface area contributed by atoms with Crippen LogP contribution >= 0.6 is 0 Å². The fourth-order valence-electron chi connectivity index (χ4n) is 2.55. The monoisotopic (exact) mass is 255 g/mol. The van der Waals surface area contributed by atoms with Crippen molar-refractivity contribution >= 4 is 11.0 Å². The number of aromatic nitrogens is 5. The first-order valence-corrected chi connectivity index (χ1v) is 6.27. The van der Waals surface area contributed by atoms with Crippen molar-refractivity contribution in [1.82, 2.24) is 25.0 Å². The van der Waals surface area contributed by atoms with Crippen molar-refractivity contribution in [3.8, 4) is 11.1 Å². The molecular formula is C13H13N5O. The van der Waals surface area contributed by atoms with Gasteiger partial charge in [-0.25, -0.2) is 4.98 Å². The fourth-order valence-corrected chi connectivity index (χ4v) is 2.55. The third kappa shape index (κ3) is 1.57. The number of ether oxygens (including phenoxy) is 1. The zero-order valence-electron chi connectivity index (χ0n) is 10.5. The van der Waals surface area contributed by atoms with Gasteiger partial charge in [0.15, 0.2) is 5.65 Å². The molecule has 3 aromatic rings. The molecule has 6 heteroatoms. The maximum absolute atomic E-state index is 5.72. The van der Waals surface area contributed by atoms with Gasteiger partial charge in [-0.15, -0.1) is 0 Å². The number of fused-ring (bicyclic) bond motifs is 2. The summed E-state index contributed by atoms with van der Waals surface area (Å²) in [6.07, 6.45) is 5.70. The van der Waals surface area contributed by atoms with Crippen molar-refractivity contribution < 1.29 is 4.74 Å². The normalized spacial score (nSPS) is 18.7. The minimum Gasteiger partial charge on any atom is -0.370 e. The molecule has 3 aromatic heterocycles. The van der Waals surface area contributed by atoms with E-state index in [0.717, 1.165) is 34.4 Å². The second-order valence-electron chi connectivity index (χ2n) is 4.80. The first-order valence-electron chi connectivity index (χ1n) is 6.27. The number of aromatic amines is 1. The Morgan fingerprint density at radius 2 is 2.32 bits per heavy atom. The Bertz CT molecular complexity index is 744.